The molecule has 0 saturated carbocycles. The van der Waals surface area contributed by atoms with Gasteiger partial charge in [0.1, 0.15) is 6.29 Å². The van der Waals surface area contributed by atoms with Crippen LogP contribution in [0, 0.1) is 23.7 Å². The summed E-state index contributed by atoms with van der Waals surface area (Å²) in [5.41, 5.74) is 6.65. The number of allylic oxidation sites excluding steroid dienone is 9. The van der Waals surface area contributed by atoms with E-state index in [2.05, 4.69) is 42.5 Å². The summed E-state index contributed by atoms with van der Waals surface area (Å²) < 4.78 is 0. The highest BCUT2D eigenvalue weighted by atomic mass is 16.2. The predicted octanol–water partition coefficient (Wildman–Crippen LogP) is 5.62. The fraction of sp³-hybridized carbons (Fsp3) is 0.531. The third-order valence-electron chi connectivity index (χ3n) is 7.61. The summed E-state index contributed by atoms with van der Waals surface area (Å²) in [6, 6.07) is -0.0346. The van der Waals surface area contributed by atoms with Gasteiger partial charge in [-0.05, 0) is 65.7 Å². The van der Waals surface area contributed by atoms with E-state index in [0.717, 1.165) is 42.3 Å². The molecule has 2 aliphatic carbocycles. The summed E-state index contributed by atoms with van der Waals surface area (Å²) in [7, 11) is 0. The maximum absolute atomic E-state index is 13.2. The lowest BCUT2D eigenvalue weighted by Crippen LogP contribution is -2.51. The van der Waals surface area contributed by atoms with E-state index in [0.29, 0.717) is 19.4 Å². The molecule has 0 spiro atoms. The molecular formula is C32H47N3O3. The van der Waals surface area contributed by atoms with Crippen molar-refractivity contribution in [2.45, 2.75) is 72.8 Å². The fourth-order valence-corrected chi connectivity index (χ4v) is 4.92. The van der Waals surface area contributed by atoms with Crippen molar-refractivity contribution in [3.63, 3.8) is 0 Å². The Labute approximate surface area is 229 Å². The Kier molecular flexibility index (Phi) is 13.2. The largest absolute Gasteiger partial charge is 0.346 e. The first-order valence-corrected chi connectivity index (χ1v) is 14.0. The highest BCUT2D eigenvalue weighted by molar-refractivity contribution is 5.87. The van der Waals surface area contributed by atoms with Crippen molar-refractivity contribution in [2.24, 2.45) is 23.7 Å². The van der Waals surface area contributed by atoms with Crippen LogP contribution in [0.3, 0.4) is 0 Å². The van der Waals surface area contributed by atoms with E-state index in [1.807, 2.05) is 58.1 Å². The molecule has 208 valence electrons. The van der Waals surface area contributed by atoms with Crippen LogP contribution < -0.4 is 10.7 Å². The number of hydrogen-bond donors (Lipinski definition) is 2. The molecule has 0 fully saturated rings. The molecule has 0 aromatic heterocycles. The number of rotatable bonds is 14. The normalized spacial score (nSPS) is 24.4. The Balaban J connectivity index is 2.07. The van der Waals surface area contributed by atoms with Gasteiger partial charge in [-0.25, -0.2) is 5.43 Å². The molecule has 6 heteroatoms. The summed E-state index contributed by atoms with van der Waals surface area (Å²) in [4.78, 5) is 38.1. The standard InChI is InChI=1S/C32H47N3O3/c1-7-9-10-13-18-35(34-26(6)25(5)19-23(3)8-2)31(37)21-33-32(38)27-16-17-28(22-36)30(20-27)29-15-12-11-14-24(29)4/h7-8,11-12,14-15,19-20,22,24,26-29,34H,1,9-10,13,16-18,21H2,2-6H3,(H,33,38)/b23-8-,25-19+/t24?,26-,27?,28?,29?/m1/s1. The van der Waals surface area contributed by atoms with Gasteiger partial charge in [-0.1, -0.05) is 72.3 Å². The van der Waals surface area contributed by atoms with Crippen molar-refractivity contribution < 1.29 is 14.4 Å². The van der Waals surface area contributed by atoms with Crippen molar-refractivity contribution in [1.29, 1.82) is 0 Å². The first-order valence-electron chi connectivity index (χ1n) is 14.0. The maximum atomic E-state index is 13.2. The number of unbranched alkanes of at least 4 members (excludes halogenated alkanes) is 2. The van der Waals surface area contributed by atoms with Gasteiger partial charge < -0.3 is 10.1 Å². The highest BCUT2D eigenvalue weighted by Gasteiger charge is 2.32. The second kappa shape index (κ2) is 16.1. The summed E-state index contributed by atoms with van der Waals surface area (Å²) >= 11 is 0. The van der Waals surface area contributed by atoms with Gasteiger partial charge >= 0.3 is 0 Å². The Bertz CT molecular complexity index is 988. The molecule has 0 heterocycles. The quantitative estimate of drug-likeness (QED) is 0.102. The second-order valence-corrected chi connectivity index (χ2v) is 10.6. The van der Waals surface area contributed by atoms with Crippen LogP contribution in [0.5, 0.6) is 0 Å². The number of carbonyl (C=O) groups excluding carboxylic acids is 3. The van der Waals surface area contributed by atoms with Gasteiger partial charge in [0.2, 0.25) is 5.91 Å². The average molecular weight is 522 g/mol. The minimum absolute atomic E-state index is 0.0346. The monoisotopic (exact) mass is 521 g/mol. The Hall–Kier alpha value is -2.99. The summed E-state index contributed by atoms with van der Waals surface area (Å²) in [5.74, 6) is -0.451. The van der Waals surface area contributed by atoms with Gasteiger partial charge in [0.05, 0.1) is 12.5 Å². The first kappa shape index (κ1) is 31.2. The summed E-state index contributed by atoms with van der Waals surface area (Å²) in [6.07, 6.45) is 21.2. The number of hydrazine groups is 1. The van der Waals surface area contributed by atoms with Crippen molar-refractivity contribution >= 4 is 18.1 Å². The summed E-state index contributed by atoms with van der Waals surface area (Å²) in [6.45, 7) is 14.5. The molecule has 6 nitrogen and oxygen atoms in total. The molecule has 2 aliphatic rings. The number of hydrogen-bond acceptors (Lipinski definition) is 4. The van der Waals surface area contributed by atoms with Gasteiger partial charge in [0.15, 0.2) is 0 Å². The molecule has 38 heavy (non-hydrogen) atoms. The van der Waals surface area contributed by atoms with E-state index < -0.39 is 0 Å². The van der Waals surface area contributed by atoms with E-state index in [4.69, 9.17) is 0 Å². The van der Waals surface area contributed by atoms with Crippen LogP contribution in [0.2, 0.25) is 0 Å². The number of amides is 2. The lowest BCUT2D eigenvalue weighted by atomic mass is 9.72. The molecule has 0 aromatic rings. The van der Waals surface area contributed by atoms with Crippen LogP contribution in [0.25, 0.3) is 0 Å². The van der Waals surface area contributed by atoms with Gasteiger partial charge in [-0.2, -0.15) is 0 Å². The van der Waals surface area contributed by atoms with E-state index in [1.54, 1.807) is 5.01 Å². The maximum Gasteiger partial charge on any atom is 0.256 e. The molecule has 0 aliphatic heterocycles. The molecule has 2 rings (SSSR count). The van der Waals surface area contributed by atoms with Gasteiger partial charge in [-0.15, -0.1) is 6.58 Å². The van der Waals surface area contributed by atoms with E-state index in [9.17, 15) is 14.4 Å². The van der Waals surface area contributed by atoms with Crippen LogP contribution in [0.4, 0.5) is 0 Å². The van der Waals surface area contributed by atoms with Crippen LogP contribution in [0.1, 0.15) is 66.7 Å². The molecule has 0 bridgehead atoms. The number of carbonyl (C=O) groups is 3. The third kappa shape index (κ3) is 9.39. The fourth-order valence-electron chi connectivity index (χ4n) is 4.92. The number of aldehydes is 1. The van der Waals surface area contributed by atoms with Crippen LogP contribution in [-0.2, 0) is 14.4 Å². The number of nitrogens with zero attached hydrogens (tertiary/aromatic N) is 1. The smallest absolute Gasteiger partial charge is 0.256 e. The highest BCUT2D eigenvalue weighted by Crippen LogP contribution is 2.37. The zero-order valence-electron chi connectivity index (χ0n) is 23.9. The topological polar surface area (TPSA) is 78.5 Å². The SMILES string of the molecule is C=CCCCCN(N[C@H](C)/C(C)=C/C(C)=C\C)C(=O)CNC(=O)C1C=C(C2C=CC=CC2C)C(C=O)CC1. The van der Waals surface area contributed by atoms with Crippen LogP contribution in [-0.4, -0.2) is 42.2 Å². The Morgan fingerprint density at radius 1 is 1.18 bits per heavy atom. The average Bonchev–Trinajstić information content (AvgIpc) is 2.92. The van der Waals surface area contributed by atoms with Gasteiger partial charge in [0, 0.05) is 24.4 Å². The molecule has 2 N–H and O–H groups in total. The lowest BCUT2D eigenvalue weighted by Gasteiger charge is -2.32. The van der Waals surface area contributed by atoms with Crippen molar-refractivity contribution in [3.8, 4) is 0 Å². The predicted molar refractivity (Wildman–Crippen MR) is 156 cm³/mol. The third-order valence-corrected chi connectivity index (χ3v) is 7.61. The molecular weight excluding hydrogens is 474 g/mol. The number of nitrogens with one attached hydrogen (secondary N) is 2. The van der Waals surface area contributed by atoms with E-state index >= 15 is 0 Å². The molecule has 5 atom stereocenters. The molecule has 4 unspecified atom stereocenters. The minimum Gasteiger partial charge on any atom is -0.346 e. The lowest BCUT2D eigenvalue weighted by molar-refractivity contribution is -0.136. The van der Waals surface area contributed by atoms with Crippen molar-refractivity contribution in [1.82, 2.24) is 15.8 Å². The molecule has 0 radical (unpaired) electrons. The second-order valence-electron chi connectivity index (χ2n) is 10.6. The molecule has 0 saturated heterocycles. The van der Waals surface area contributed by atoms with E-state index in [1.165, 1.54) is 0 Å². The van der Waals surface area contributed by atoms with Crippen LogP contribution in [0.15, 0.2) is 71.9 Å². The zero-order chi connectivity index (χ0) is 28.1. The Morgan fingerprint density at radius 2 is 1.92 bits per heavy atom. The zero-order valence-corrected chi connectivity index (χ0v) is 23.9. The molecule has 0 aromatic carbocycles. The first-order chi connectivity index (χ1) is 18.2. The van der Waals surface area contributed by atoms with Gasteiger partial charge in [-0.3, -0.25) is 14.6 Å². The molecule has 2 amide bonds. The summed E-state index contributed by atoms with van der Waals surface area (Å²) in [5, 5.41) is 4.51. The van der Waals surface area contributed by atoms with Crippen molar-refractivity contribution in [2.75, 3.05) is 13.1 Å². The Morgan fingerprint density at radius 3 is 2.58 bits per heavy atom. The van der Waals surface area contributed by atoms with Gasteiger partial charge in [0.25, 0.3) is 5.91 Å². The van der Waals surface area contributed by atoms with Crippen molar-refractivity contribution in [3.05, 3.63) is 71.9 Å². The van der Waals surface area contributed by atoms with E-state index in [-0.39, 0.29) is 48.1 Å². The van der Waals surface area contributed by atoms with Crippen LogP contribution >= 0.6 is 0 Å². The minimum atomic E-state index is -0.345.